The molecule has 0 atom stereocenters. The van der Waals surface area contributed by atoms with Crippen molar-refractivity contribution in [2.75, 3.05) is 11.9 Å². The number of halogens is 1. The summed E-state index contributed by atoms with van der Waals surface area (Å²) in [6, 6.07) is 13.2. The number of rotatable bonds is 5. The molecule has 1 heterocycles. The zero-order chi connectivity index (χ0) is 19.4. The van der Waals surface area contributed by atoms with Crippen LogP contribution < -0.4 is 10.9 Å². The summed E-state index contributed by atoms with van der Waals surface area (Å²) in [5.74, 6) is 0.544. The Morgan fingerprint density at radius 1 is 1.22 bits per heavy atom. The molecule has 0 aliphatic carbocycles. The number of nitrogens with zero attached hydrogens (tertiary/aromatic N) is 2. The smallest absolute Gasteiger partial charge is 0.258 e. The van der Waals surface area contributed by atoms with Crippen LogP contribution in [0.25, 0.3) is 10.9 Å². The highest BCUT2D eigenvalue weighted by Crippen LogP contribution is 2.15. The standard InChI is InChI=1S/C20H21ClN4OS/c1-3-13-5-8-15(9-6-13)22-20(27)25(4-2)12-18-23-17-11-14(21)7-10-16(17)19(26)24-18/h5-11H,3-4,12H2,1-2H3,(H,22,27)(H,23,24,26). The predicted molar refractivity (Wildman–Crippen MR) is 115 cm³/mol. The summed E-state index contributed by atoms with van der Waals surface area (Å²) >= 11 is 11.6. The lowest BCUT2D eigenvalue weighted by atomic mass is 10.1. The van der Waals surface area contributed by atoms with E-state index in [0.717, 1.165) is 12.1 Å². The summed E-state index contributed by atoms with van der Waals surface area (Å²) < 4.78 is 0. The van der Waals surface area contributed by atoms with Crippen molar-refractivity contribution >= 4 is 45.5 Å². The minimum Gasteiger partial charge on any atom is -0.342 e. The number of fused-ring (bicyclic) bond motifs is 1. The van der Waals surface area contributed by atoms with Gasteiger partial charge in [0.25, 0.3) is 5.56 Å². The fourth-order valence-corrected chi connectivity index (χ4v) is 3.25. The second-order valence-electron chi connectivity index (χ2n) is 6.17. The van der Waals surface area contributed by atoms with E-state index in [4.69, 9.17) is 23.8 Å². The molecule has 0 saturated heterocycles. The van der Waals surface area contributed by atoms with Gasteiger partial charge in [0.2, 0.25) is 0 Å². The molecule has 2 N–H and O–H groups in total. The van der Waals surface area contributed by atoms with E-state index in [1.54, 1.807) is 18.2 Å². The molecular formula is C20H21ClN4OS. The van der Waals surface area contributed by atoms with E-state index in [0.29, 0.717) is 40.0 Å². The second kappa shape index (κ2) is 8.50. The number of thiocarbonyl (C=S) groups is 1. The number of hydrogen-bond donors (Lipinski definition) is 2. The summed E-state index contributed by atoms with van der Waals surface area (Å²) in [6.45, 7) is 5.20. The maximum atomic E-state index is 12.3. The molecule has 0 spiro atoms. The molecular weight excluding hydrogens is 380 g/mol. The molecule has 0 saturated carbocycles. The molecule has 140 valence electrons. The first-order valence-electron chi connectivity index (χ1n) is 8.83. The molecule has 0 amide bonds. The lowest BCUT2D eigenvalue weighted by Gasteiger charge is -2.24. The summed E-state index contributed by atoms with van der Waals surface area (Å²) in [5, 5.41) is 4.89. The largest absolute Gasteiger partial charge is 0.342 e. The van der Waals surface area contributed by atoms with Gasteiger partial charge in [-0.3, -0.25) is 4.79 Å². The molecule has 3 rings (SSSR count). The van der Waals surface area contributed by atoms with Gasteiger partial charge in [-0.05, 0) is 61.5 Å². The van der Waals surface area contributed by atoms with Gasteiger partial charge in [0.05, 0.1) is 17.4 Å². The van der Waals surface area contributed by atoms with Crippen LogP contribution in [-0.4, -0.2) is 26.5 Å². The van der Waals surface area contributed by atoms with E-state index < -0.39 is 0 Å². The van der Waals surface area contributed by atoms with E-state index in [2.05, 4.69) is 34.3 Å². The van der Waals surface area contributed by atoms with Crippen molar-refractivity contribution in [3.63, 3.8) is 0 Å². The number of H-pyrrole nitrogens is 1. The summed E-state index contributed by atoms with van der Waals surface area (Å²) in [6.07, 6.45) is 0.997. The van der Waals surface area contributed by atoms with Crippen molar-refractivity contribution in [1.29, 1.82) is 0 Å². The first-order valence-corrected chi connectivity index (χ1v) is 9.62. The highest BCUT2D eigenvalue weighted by Gasteiger charge is 2.12. The van der Waals surface area contributed by atoms with Gasteiger partial charge in [0.15, 0.2) is 5.11 Å². The first kappa shape index (κ1) is 19.3. The lowest BCUT2D eigenvalue weighted by Crippen LogP contribution is -2.35. The van der Waals surface area contributed by atoms with Gasteiger partial charge in [-0.2, -0.15) is 0 Å². The van der Waals surface area contributed by atoms with Gasteiger partial charge in [-0.1, -0.05) is 30.7 Å². The molecule has 0 bridgehead atoms. The van der Waals surface area contributed by atoms with E-state index in [1.807, 2.05) is 24.0 Å². The SMILES string of the molecule is CCc1ccc(NC(=S)N(CC)Cc2nc3cc(Cl)ccc3c(=O)[nH]2)cc1. The van der Waals surface area contributed by atoms with Crippen molar-refractivity contribution in [3.8, 4) is 0 Å². The number of nitrogens with one attached hydrogen (secondary N) is 2. The third kappa shape index (κ3) is 4.64. The van der Waals surface area contributed by atoms with E-state index >= 15 is 0 Å². The zero-order valence-electron chi connectivity index (χ0n) is 15.3. The fraction of sp³-hybridized carbons (Fsp3) is 0.250. The number of aromatic amines is 1. The maximum absolute atomic E-state index is 12.3. The van der Waals surface area contributed by atoms with Crippen molar-refractivity contribution < 1.29 is 0 Å². The average molecular weight is 401 g/mol. The quantitative estimate of drug-likeness (QED) is 0.623. The topological polar surface area (TPSA) is 61.0 Å². The normalized spacial score (nSPS) is 10.8. The molecule has 0 fully saturated rings. The van der Waals surface area contributed by atoms with Crippen LogP contribution in [0.3, 0.4) is 0 Å². The minimum absolute atomic E-state index is 0.184. The molecule has 1 aromatic heterocycles. The van der Waals surface area contributed by atoms with E-state index in [-0.39, 0.29) is 5.56 Å². The Balaban J connectivity index is 1.78. The summed E-state index contributed by atoms with van der Waals surface area (Å²) in [5.41, 5.74) is 2.60. The van der Waals surface area contributed by atoms with Gasteiger partial charge >= 0.3 is 0 Å². The number of aromatic nitrogens is 2. The highest BCUT2D eigenvalue weighted by atomic mass is 35.5. The number of aryl methyl sites for hydroxylation is 1. The average Bonchev–Trinajstić information content (AvgIpc) is 2.66. The van der Waals surface area contributed by atoms with Crippen molar-refractivity contribution in [3.05, 3.63) is 69.2 Å². The highest BCUT2D eigenvalue weighted by molar-refractivity contribution is 7.80. The summed E-state index contributed by atoms with van der Waals surface area (Å²) in [7, 11) is 0. The molecule has 2 aromatic carbocycles. The van der Waals surface area contributed by atoms with Gasteiger partial charge in [0.1, 0.15) is 5.82 Å². The lowest BCUT2D eigenvalue weighted by molar-refractivity contribution is 0.429. The van der Waals surface area contributed by atoms with Crippen LogP contribution in [0.15, 0.2) is 47.3 Å². The van der Waals surface area contributed by atoms with Crippen molar-refractivity contribution in [1.82, 2.24) is 14.9 Å². The molecule has 0 aliphatic heterocycles. The summed E-state index contributed by atoms with van der Waals surface area (Å²) in [4.78, 5) is 21.6. The Labute approximate surface area is 168 Å². The Hall–Kier alpha value is -2.44. The van der Waals surface area contributed by atoms with Crippen LogP contribution in [0.1, 0.15) is 25.2 Å². The first-order chi connectivity index (χ1) is 13.0. The minimum atomic E-state index is -0.184. The Bertz CT molecular complexity index is 1020. The maximum Gasteiger partial charge on any atom is 0.258 e. The molecule has 7 heteroatoms. The zero-order valence-corrected chi connectivity index (χ0v) is 16.8. The molecule has 27 heavy (non-hydrogen) atoms. The van der Waals surface area contributed by atoms with Gasteiger partial charge in [-0.15, -0.1) is 0 Å². The van der Waals surface area contributed by atoms with Crippen LogP contribution in [0.2, 0.25) is 5.02 Å². The van der Waals surface area contributed by atoms with Crippen LogP contribution in [-0.2, 0) is 13.0 Å². The van der Waals surface area contributed by atoms with E-state index in [1.165, 1.54) is 5.56 Å². The Kier molecular flexibility index (Phi) is 6.08. The predicted octanol–water partition coefficient (Wildman–Crippen LogP) is 4.36. The molecule has 3 aromatic rings. The van der Waals surface area contributed by atoms with Crippen LogP contribution >= 0.6 is 23.8 Å². The molecule has 0 unspecified atom stereocenters. The van der Waals surface area contributed by atoms with Gasteiger partial charge < -0.3 is 15.2 Å². The van der Waals surface area contributed by atoms with E-state index in [9.17, 15) is 4.79 Å². The monoisotopic (exact) mass is 400 g/mol. The molecule has 0 radical (unpaired) electrons. The van der Waals surface area contributed by atoms with Crippen LogP contribution in [0.5, 0.6) is 0 Å². The number of anilines is 1. The van der Waals surface area contributed by atoms with Gasteiger partial charge in [0, 0.05) is 17.3 Å². The van der Waals surface area contributed by atoms with Crippen molar-refractivity contribution in [2.45, 2.75) is 26.8 Å². The van der Waals surface area contributed by atoms with Crippen LogP contribution in [0, 0.1) is 0 Å². The van der Waals surface area contributed by atoms with Gasteiger partial charge in [-0.25, -0.2) is 4.98 Å². The number of benzene rings is 2. The Morgan fingerprint density at radius 3 is 2.63 bits per heavy atom. The van der Waals surface area contributed by atoms with Crippen LogP contribution in [0.4, 0.5) is 5.69 Å². The molecule has 5 nitrogen and oxygen atoms in total. The Morgan fingerprint density at radius 2 is 1.96 bits per heavy atom. The van der Waals surface area contributed by atoms with Crippen molar-refractivity contribution in [2.24, 2.45) is 0 Å². The number of hydrogen-bond acceptors (Lipinski definition) is 3. The third-order valence-electron chi connectivity index (χ3n) is 4.34. The fourth-order valence-electron chi connectivity index (χ4n) is 2.77. The third-order valence-corrected chi connectivity index (χ3v) is 4.94. The second-order valence-corrected chi connectivity index (χ2v) is 6.99. The molecule has 0 aliphatic rings.